The van der Waals surface area contributed by atoms with Crippen LogP contribution in [0, 0.1) is 5.82 Å². The molecule has 0 fully saturated rings. The van der Waals surface area contributed by atoms with Gasteiger partial charge in [0.2, 0.25) is 0 Å². The van der Waals surface area contributed by atoms with Gasteiger partial charge in [-0.2, -0.15) is 0 Å². The quantitative estimate of drug-likeness (QED) is 0.477. The van der Waals surface area contributed by atoms with Crippen molar-refractivity contribution in [3.8, 4) is 11.4 Å². The zero-order chi connectivity index (χ0) is 16.9. The summed E-state index contributed by atoms with van der Waals surface area (Å²) in [5, 5.41) is 9.49. The number of hydrogen-bond acceptors (Lipinski definition) is 3. The van der Waals surface area contributed by atoms with E-state index in [1.54, 1.807) is 23.9 Å². The van der Waals surface area contributed by atoms with Crippen LogP contribution in [0.5, 0.6) is 0 Å². The van der Waals surface area contributed by atoms with Gasteiger partial charge in [0.05, 0.1) is 6.54 Å². The molecule has 3 aromatic rings. The van der Waals surface area contributed by atoms with E-state index in [2.05, 4.69) is 33.5 Å². The molecule has 0 aliphatic heterocycles. The molecule has 0 aliphatic carbocycles. The third-order valence-electron chi connectivity index (χ3n) is 3.45. The Labute approximate surface area is 145 Å². The second-order valence-corrected chi connectivity index (χ2v) is 6.57. The summed E-state index contributed by atoms with van der Waals surface area (Å²) in [5.74, 6) is 1.27. The first-order chi connectivity index (χ1) is 11.6. The maximum Gasteiger partial charge on any atom is 0.192 e. The summed E-state index contributed by atoms with van der Waals surface area (Å²) in [5.41, 5.74) is 3.09. The fourth-order valence-corrected chi connectivity index (χ4v) is 3.09. The van der Waals surface area contributed by atoms with Crippen LogP contribution in [0.25, 0.3) is 11.4 Å². The normalized spacial score (nSPS) is 10.8. The molecule has 0 radical (unpaired) electrons. The van der Waals surface area contributed by atoms with Crippen LogP contribution in [0.3, 0.4) is 0 Å². The van der Waals surface area contributed by atoms with Crippen molar-refractivity contribution in [2.75, 3.05) is 5.75 Å². The molecule has 122 valence electrons. The van der Waals surface area contributed by atoms with E-state index in [9.17, 15) is 4.39 Å². The van der Waals surface area contributed by atoms with Crippen molar-refractivity contribution in [1.29, 1.82) is 0 Å². The summed E-state index contributed by atoms with van der Waals surface area (Å²) in [6.07, 6.45) is 0. The molecule has 0 saturated carbocycles. The number of rotatable bonds is 6. The maximum absolute atomic E-state index is 13.2. The summed E-state index contributed by atoms with van der Waals surface area (Å²) >= 11 is 1.61. The molecule has 0 spiro atoms. The molecule has 0 N–H and O–H groups in total. The Kier molecular flexibility index (Phi) is 5.11. The lowest BCUT2D eigenvalue weighted by Crippen LogP contribution is -2.04. The van der Waals surface area contributed by atoms with Crippen molar-refractivity contribution in [2.45, 2.75) is 18.6 Å². The lowest BCUT2D eigenvalue weighted by atomic mass is 10.2. The molecule has 3 rings (SSSR count). The fourth-order valence-electron chi connectivity index (χ4n) is 2.30. The monoisotopic (exact) mass is 339 g/mol. The lowest BCUT2D eigenvalue weighted by molar-refractivity contribution is 0.628. The predicted octanol–water partition coefficient (Wildman–Crippen LogP) is 4.80. The van der Waals surface area contributed by atoms with Crippen LogP contribution >= 0.6 is 11.8 Å². The topological polar surface area (TPSA) is 30.7 Å². The van der Waals surface area contributed by atoms with Crippen LogP contribution in [0.4, 0.5) is 4.39 Å². The SMILES string of the molecule is C=C(C)CSc1nnc(-c2ccc(F)cc2)n1Cc1ccccc1. The molecular formula is C19H18FN3S. The second-order valence-electron chi connectivity index (χ2n) is 5.63. The van der Waals surface area contributed by atoms with Crippen molar-refractivity contribution in [3.05, 3.63) is 78.1 Å². The van der Waals surface area contributed by atoms with Crippen LogP contribution < -0.4 is 0 Å². The molecule has 0 saturated heterocycles. The number of aromatic nitrogens is 3. The van der Waals surface area contributed by atoms with Crippen LogP contribution in [-0.2, 0) is 6.54 Å². The van der Waals surface area contributed by atoms with Crippen molar-refractivity contribution in [3.63, 3.8) is 0 Å². The number of thioether (sulfide) groups is 1. The number of nitrogens with zero attached hydrogens (tertiary/aromatic N) is 3. The van der Waals surface area contributed by atoms with E-state index in [4.69, 9.17) is 0 Å². The molecule has 0 aliphatic rings. The van der Waals surface area contributed by atoms with Crippen molar-refractivity contribution in [2.24, 2.45) is 0 Å². The minimum absolute atomic E-state index is 0.259. The van der Waals surface area contributed by atoms with E-state index in [1.165, 1.54) is 12.1 Å². The van der Waals surface area contributed by atoms with Gasteiger partial charge < -0.3 is 0 Å². The molecule has 24 heavy (non-hydrogen) atoms. The van der Waals surface area contributed by atoms with Gasteiger partial charge in [-0.25, -0.2) is 4.39 Å². The van der Waals surface area contributed by atoms with E-state index >= 15 is 0 Å². The van der Waals surface area contributed by atoms with Crippen molar-refractivity contribution < 1.29 is 4.39 Å². The van der Waals surface area contributed by atoms with Gasteiger partial charge in [0.25, 0.3) is 0 Å². The molecule has 0 bridgehead atoms. The zero-order valence-electron chi connectivity index (χ0n) is 13.4. The minimum atomic E-state index is -0.259. The molecule has 0 atom stereocenters. The molecule has 0 amide bonds. The minimum Gasteiger partial charge on any atom is -0.298 e. The largest absolute Gasteiger partial charge is 0.298 e. The third kappa shape index (κ3) is 3.92. The van der Waals surface area contributed by atoms with Gasteiger partial charge in [0, 0.05) is 11.3 Å². The summed E-state index contributed by atoms with van der Waals surface area (Å²) in [6, 6.07) is 16.5. The Bertz CT molecular complexity index is 826. The molecular weight excluding hydrogens is 321 g/mol. The van der Waals surface area contributed by atoms with Gasteiger partial charge in [0.15, 0.2) is 11.0 Å². The number of halogens is 1. The van der Waals surface area contributed by atoms with Crippen LogP contribution in [-0.4, -0.2) is 20.5 Å². The van der Waals surface area contributed by atoms with Crippen LogP contribution in [0.2, 0.25) is 0 Å². The average molecular weight is 339 g/mol. The molecule has 0 unspecified atom stereocenters. The van der Waals surface area contributed by atoms with Gasteiger partial charge in [-0.05, 0) is 36.8 Å². The van der Waals surface area contributed by atoms with E-state index in [1.807, 2.05) is 25.1 Å². The first-order valence-corrected chi connectivity index (χ1v) is 8.62. The van der Waals surface area contributed by atoms with E-state index in [-0.39, 0.29) is 5.82 Å². The Morgan fingerprint density at radius 3 is 2.46 bits per heavy atom. The van der Waals surface area contributed by atoms with E-state index in [0.717, 1.165) is 33.4 Å². The van der Waals surface area contributed by atoms with Crippen LogP contribution in [0.15, 0.2) is 71.9 Å². The lowest BCUT2D eigenvalue weighted by Gasteiger charge is -2.10. The van der Waals surface area contributed by atoms with Crippen LogP contribution in [0.1, 0.15) is 12.5 Å². The Balaban J connectivity index is 1.98. The van der Waals surface area contributed by atoms with E-state index in [0.29, 0.717) is 6.54 Å². The summed E-state index contributed by atoms with van der Waals surface area (Å²) < 4.78 is 15.3. The highest BCUT2D eigenvalue weighted by atomic mass is 32.2. The number of benzene rings is 2. The van der Waals surface area contributed by atoms with Gasteiger partial charge in [-0.15, -0.1) is 10.2 Å². The van der Waals surface area contributed by atoms with Crippen molar-refractivity contribution in [1.82, 2.24) is 14.8 Å². The molecule has 1 aromatic heterocycles. The highest BCUT2D eigenvalue weighted by molar-refractivity contribution is 7.99. The van der Waals surface area contributed by atoms with Gasteiger partial charge in [-0.1, -0.05) is 54.2 Å². The van der Waals surface area contributed by atoms with Gasteiger partial charge in [-0.3, -0.25) is 4.57 Å². The van der Waals surface area contributed by atoms with Gasteiger partial charge in [0.1, 0.15) is 5.82 Å². The highest BCUT2D eigenvalue weighted by Crippen LogP contribution is 2.26. The summed E-state index contributed by atoms with van der Waals surface area (Å²) in [6.45, 7) is 6.60. The highest BCUT2D eigenvalue weighted by Gasteiger charge is 2.15. The van der Waals surface area contributed by atoms with Gasteiger partial charge >= 0.3 is 0 Å². The van der Waals surface area contributed by atoms with E-state index < -0.39 is 0 Å². The predicted molar refractivity (Wildman–Crippen MR) is 96.5 cm³/mol. The first-order valence-electron chi connectivity index (χ1n) is 7.64. The third-order valence-corrected chi connectivity index (χ3v) is 4.65. The molecule has 1 heterocycles. The second kappa shape index (κ2) is 7.45. The Morgan fingerprint density at radius 2 is 1.79 bits per heavy atom. The summed E-state index contributed by atoms with van der Waals surface area (Å²) in [4.78, 5) is 0. The first kappa shape index (κ1) is 16.5. The zero-order valence-corrected chi connectivity index (χ0v) is 14.3. The number of hydrogen-bond donors (Lipinski definition) is 0. The average Bonchev–Trinajstić information content (AvgIpc) is 2.97. The standard InChI is InChI=1S/C19H18FN3S/c1-14(2)13-24-19-22-21-18(16-8-10-17(20)11-9-16)23(19)12-15-6-4-3-5-7-15/h3-11H,1,12-13H2,2H3. The maximum atomic E-state index is 13.2. The molecule has 2 aromatic carbocycles. The Morgan fingerprint density at radius 1 is 1.08 bits per heavy atom. The molecule has 3 nitrogen and oxygen atoms in total. The fraction of sp³-hybridized carbons (Fsp3) is 0.158. The Hall–Kier alpha value is -2.40. The van der Waals surface area contributed by atoms with Crippen molar-refractivity contribution >= 4 is 11.8 Å². The smallest absolute Gasteiger partial charge is 0.192 e. The summed E-state index contributed by atoms with van der Waals surface area (Å²) in [7, 11) is 0. The molecule has 5 heteroatoms.